The number of imide groups is 1. The van der Waals surface area contributed by atoms with Gasteiger partial charge in [-0.25, -0.2) is 9.97 Å². The number of hydrogen-bond donors (Lipinski definition) is 1. The van der Waals surface area contributed by atoms with Crippen LogP contribution in [0, 0.1) is 11.3 Å². The molecule has 0 bridgehead atoms. The van der Waals surface area contributed by atoms with Crippen molar-refractivity contribution in [2.75, 3.05) is 18.8 Å². The summed E-state index contributed by atoms with van der Waals surface area (Å²) in [5.41, 5.74) is 3.26. The Bertz CT molecular complexity index is 1030. The smallest absolute Gasteiger partial charge is 0.293 e. The highest BCUT2D eigenvalue weighted by Crippen LogP contribution is 2.31. The van der Waals surface area contributed by atoms with Crippen LogP contribution < -0.4 is 10.2 Å². The Morgan fingerprint density at radius 2 is 1.75 bits per heavy atom. The number of thioether (sulfide) groups is 1. The van der Waals surface area contributed by atoms with E-state index >= 15 is 0 Å². The molecule has 0 radical (unpaired) electrons. The monoisotopic (exact) mass is 435 g/mol. The Balaban J connectivity index is 2.06. The normalized spacial score (nSPS) is 13.8. The van der Waals surface area contributed by atoms with Crippen molar-refractivity contribution < 1.29 is 14.3 Å². The molecule has 0 atom stereocenters. The van der Waals surface area contributed by atoms with Crippen molar-refractivity contribution in [2.45, 2.75) is 5.03 Å². The Kier molecular flexibility index (Phi) is 5.74. The van der Waals surface area contributed by atoms with Crippen molar-refractivity contribution in [1.29, 1.82) is 5.26 Å². The zero-order valence-corrected chi connectivity index (χ0v) is 16.8. The average Bonchev–Trinajstić information content (AvgIpc) is 2.91. The van der Waals surface area contributed by atoms with Gasteiger partial charge in [-0.15, -0.1) is 11.8 Å². The first-order valence-electron chi connectivity index (χ1n) is 7.62. The van der Waals surface area contributed by atoms with Crippen LogP contribution in [-0.2, 0) is 9.59 Å². The molecule has 1 aliphatic rings. The minimum Gasteiger partial charge on any atom is -0.497 e. The van der Waals surface area contributed by atoms with Crippen LogP contribution in [0.1, 0.15) is 5.56 Å². The molecule has 0 unspecified atom stereocenters. The fourth-order valence-corrected chi connectivity index (χ4v) is 3.18. The SMILES string of the molecule is COc1ccc(-c2nc(NN3C(=O)C(Cl)=C(Cl)C3=O)c(C#N)c(SC)n2)cc1. The average molecular weight is 436 g/mol. The lowest BCUT2D eigenvalue weighted by molar-refractivity contribution is -0.135. The number of rotatable bonds is 5. The molecule has 0 saturated carbocycles. The lowest BCUT2D eigenvalue weighted by Gasteiger charge is -2.18. The van der Waals surface area contributed by atoms with E-state index in [9.17, 15) is 14.9 Å². The van der Waals surface area contributed by atoms with E-state index in [2.05, 4.69) is 15.4 Å². The number of ether oxygens (including phenoxy) is 1. The first-order valence-corrected chi connectivity index (χ1v) is 9.60. The van der Waals surface area contributed by atoms with Gasteiger partial charge >= 0.3 is 0 Å². The molecule has 8 nitrogen and oxygen atoms in total. The number of carbonyl (C=O) groups is 2. The summed E-state index contributed by atoms with van der Waals surface area (Å²) < 4.78 is 5.13. The quantitative estimate of drug-likeness (QED) is 0.433. The molecule has 1 aliphatic heterocycles. The van der Waals surface area contributed by atoms with E-state index < -0.39 is 21.9 Å². The number of hydrogen-bond acceptors (Lipinski definition) is 8. The number of nitrogens with one attached hydrogen (secondary N) is 1. The van der Waals surface area contributed by atoms with Crippen LogP contribution in [0.3, 0.4) is 0 Å². The number of anilines is 1. The predicted molar refractivity (Wildman–Crippen MR) is 105 cm³/mol. The number of hydrazine groups is 1. The van der Waals surface area contributed by atoms with E-state index in [1.165, 1.54) is 11.8 Å². The molecule has 0 spiro atoms. The highest BCUT2D eigenvalue weighted by atomic mass is 35.5. The number of carbonyl (C=O) groups excluding carboxylic acids is 2. The number of nitrogens with zero attached hydrogens (tertiary/aromatic N) is 4. The van der Waals surface area contributed by atoms with E-state index in [0.29, 0.717) is 21.3 Å². The molecule has 0 saturated heterocycles. The fraction of sp³-hybridized carbons (Fsp3) is 0.118. The maximum absolute atomic E-state index is 12.1. The largest absolute Gasteiger partial charge is 0.497 e. The van der Waals surface area contributed by atoms with Gasteiger partial charge in [-0.2, -0.15) is 10.3 Å². The second kappa shape index (κ2) is 8.06. The molecule has 11 heteroatoms. The molecule has 142 valence electrons. The van der Waals surface area contributed by atoms with Crippen molar-refractivity contribution in [1.82, 2.24) is 15.0 Å². The summed E-state index contributed by atoms with van der Waals surface area (Å²) in [6.45, 7) is 0. The molecule has 1 aromatic heterocycles. The summed E-state index contributed by atoms with van der Waals surface area (Å²) in [5, 5.41) is 9.68. The van der Waals surface area contributed by atoms with E-state index in [-0.39, 0.29) is 17.2 Å². The summed E-state index contributed by atoms with van der Waals surface area (Å²) in [5.74, 6) is -0.751. The van der Waals surface area contributed by atoms with Gasteiger partial charge in [0.25, 0.3) is 11.8 Å². The van der Waals surface area contributed by atoms with Gasteiger partial charge in [0, 0.05) is 5.56 Å². The highest BCUT2D eigenvalue weighted by Gasteiger charge is 2.38. The molecule has 1 aromatic carbocycles. The first-order chi connectivity index (χ1) is 13.4. The van der Waals surface area contributed by atoms with Crippen LogP contribution in [0.15, 0.2) is 39.4 Å². The van der Waals surface area contributed by atoms with Crippen molar-refractivity contribution in [3.63, 3.8) is 0 Å². The summed E-state index contributed by atoms with van der Waals surface area (Å²) in [7, 11) is 1.55. The van der Waals surface area contributed by atoms with Crippen LogP contribution in [0.2, 0.25) is 0 Å². The van der Waals surface area contributed by atoms with Gasteiger partial charge in [-0.05, 0) is 30.5 Å². The second-order valence-corrected chi connectivity index (χ2v) is 6.86. The lowest BCUT2D eigenvalue weighted by atomic mass is 10.2. The van der Waals surface area contributed by atoms with Crippen LogP contribution in [0.25, 0.3) is 11.4 Å². The molecular weight excluding hydrogens is 425 g/mol. The topological polar surface area (TPSA) is 108 Å². The van der Waals surface area contributed by atoms with Gasteiger partial charge in [-0.3, -0.25) is 15.0 Å². The Morgan fingerprint density at radius 3 is 2.25 bits per heavy atom. The first kappa shape index (κ1) is 19.9. The maximum atomic E-state index is 12.1. The molecule has 2 amide bonds. The van der Waals surface area contributed by atoms with E-state index in [1.54, 1.807) is 37.6 Å². The maximum Gasteiger partial charge on any atom is 0.293 e. The summed E-state index contributed by atoms with van der Waals surface area (Å²) in [4.78, 5) is 33.0. The molecule has 3 rings (SSSR count). The van der Waals surface area contributed by atoms with Crippen LogP contribution in [0.4, 0.5) is 5.82 Å². The Hall–Kier alpha value is -2.80. The number of nitriles is 1. The van der Waals surface area contributed by atoms with Gasteiger partial charge < -0.3 is 4.74 Å². The number of benzene rings is 1. The standard InChI is InChI=1S/C17H11Cl2N5O3S/c1-27-9-5-3-8(4-6-9)13-21-14(10(7-20)15(22-13)28-2)23-24-16(25)11(18)12(19)17(24)26/h3-6H,1-2H3,(H,21,22,23). The fourth-order valence-electron chi connectivity index (χ4n) is 2.32. The minimum atomic E-state index is -0.837. The number of methoxy groups -OCH3 is 1. The molecule has 0 fully saturated rings. The lowest BCUT2D eigenvalue weighted by Crippen LogP contribution is -2.37. The highest BCUT2D eigenvalue weighted by molar-refractivity contribution is 7.98. The zero-order valence-electron chi connectivity index (χ0n) is 14.5. The van der Waals surface area contributed by atoms with Gasteiger partial charge in [0.05, 0.1) is 7.11 Å². The van der Waals surface area contributed by atoms with E-state index in [4.69, 9.17) is 27.9 Å². The van der Waals surface area contributed by atoms with Crippen molar-refractivity contribution >= 4 is 52.6 Å². The van der Waals surface area contributed by atoms with E-state index in [0.717, 1.165) is 0 Å². The molecule has 2 aromatic rings. The van der Waals surface area contributed by atoms with Crippen LogP contribution in [0.5, 0.6) is 5.75 Å². The van der Waals surface area contributed by atoms with Crippen molar-refractivity contribution in [2.24, 2.45) is 0 Å². The molecule has 1 N–H and O–H groups in total. The molecule has 0 aliphatic carbocycles. The number of aromatic nitrogens is 2. The zero-order chi connectivity index (χ0) is 20.4. The third-order valence-electron chi connectivity index (χ3n) is 3.72. The van der Waals surface area contributed by atoms with Crippen LogP contribution in [-0.4, -0.2) is 40.2 Å². The molecule has 28 heavy (non-hydrogen) atoms. The van der Waals surface area contributed by atoms with Gasteiger partial charge in [0.15, 0.2) is 11.6 Å². The van der Waals surface area contributed by atoms with Gasteiger partial charge in [-0.1, -0.05) is 23.2 Å². The van der Waals surface area contributed by atoms with E-state index in [1.807, 2.05) is 6.07 Å². The van der Waals surface area contributed by atoms with Gasteiger partial charge in [0.2, 0.25) is 0 Å². The Labute approximate surface area is 174 Å². The summed E-state index contributed by atoms with van der Waals surface area (Å²) in [6.07, 6.45) is 1.74. The molecular formula is C17H11Cl2N5O3S. The summed E-state index contributed by atoms with van der Waals surface area (Å²) in [6, 6.07) is 8.94. The van der Waals surface area contributed by atoms with Crippen molar-refractivity contribution in [3.05, 3.63) is 39.9 Å². The van der Waals surface area contributed by atoms with Gasteiger partial charge in [0.1, 0.15) is 32.5 Å². The summed E-state index contributed by atoms with van der Waals surface area (Å²) >= 11 is 12.7. The number of halogens is 2. The van der Waals surface area contributed by atoms with Crippen molar-refractivity contribution in [3.8, 4) is 23.2 Å². The Morgan fingerprint density at radius 1 is 1.14 bits per heavy atom. The predicted octanol–water partition coefficient (Wildman–Crippen LogP) is 3.13. The van der Waals surface area contributed by atoms with Crippen LogP contribution >= 0.6 is 35.0 Å². The number of amides is 2. The second-order valence-electron chi connectivity index (χ2n) is 5.31. The minimum absolute atomic E-state index is 0.0230. The molecule has 2 heterocycles. The third-order valence-corrected chi connectivity index (χ3v) is 5.20. The third kappa shape index (κ3) is 3.49.